The molecule has 0 radical (unpaired) electrons. The van der Waals surface area contributed by atoms with Crippen LogP contribution in [0.4, 0.5) is 17.1 Å². The molecule has 0 atom stereocenters. The third-order valence-electron chi connectivity index (χ3n) is 4.54. The normalized spacial score (nSPS) is 18.1. The van der Waals surface area contributed by atoms with E-state index in [0.717, 1.165) is 37.7 Å². The Morgan fingerprint density at radius 1 is 1.38 bits per heavy atom. The Bertz CT molecular complexity index is 623. The van der Waals surface area contributed by atoms with Crippen LogP contribution in [-0.2, 0) is 10.2 Å². The molecule has 1 aliphatic heterocycles. The Kier molecular flexibility index (Phi) is 3.11. The molecule has 2 aliphatic rings. The lowest BCUT2D eigenvalue weighted by molar-refractivity contribution is -0.383. The first-order valence-corrected chi connectivity index (χ1v) is 7.41. The molecule has 1 fully saturated rings. The summed E-state index contributed by atoms with van der Waals surface area (Å²) >= 11 is 0. The van der Waals surface area contributed by atoms with Crippen molar-refractivity contribution in [1.29, 1.82) is 0 Å². The van der Waals surface area contributed by atoms with Crippen LogP contribution in [-0.4, -0.2) is 17.4 Å². The highest BCUT2D eigenvalue weighted by Crippen LogP contribution is 2.58. The molecule has 1 spiro atoms. The number of fused-ring (bicyclic) bond motifs is 2. The molecule has 0 unspecified atom stereocenters. The second-order valence-corrected chi connectivity index (χ2v) is 5.93. The minimum Gasteiger partial charge on any atom is -0.393 e. The van der Waals surface area contributed by atoms with Crippen LogP contribution in [0.5, 0.6) is 0 Å². The van der Waals surface area contributed by atoms with Gasteiger partial charge in [-0.1, -0.05) is 19.8 Å². The van der Waals surface area contributed by atoms with Gasteiger partial charge in [-0.15, -0.1) is 0 Å². The van der Waals surface area contributed by atoms with Crippen molar-refractivity contribution in [1.82, 2.24) is 0 Å². The highest BCUT2D eigenvalue weighted by Gasteiger charge is 2.59. The van der Waals surface area contributed by atoms with Gasteiger partial charge in [0.1, 0.15) is 5.69 Å². The van der Waals surface area contributed by atoms with E-state index in [-0.39, 0.29) is 17.3 Å². The molecule has 21 heavy (non-hydrogen) atoms. The number of benzene rings is 1. The third kappa shape index (κ3) is 1.97. The number of rotatable bonds is 5. The lowest BCUT2D eigenvalue weighted by atomic mass is 9.97. The molecule has 1 aromatic carbocycles. The number of amides is 1. The standard InChI is InChI=1S/C15H19N3O3/c1-2-3-4-7-17-12-9-13(18(20)21)11(16)8-10(12)15(5-6-15)14(17)19/h8-9H,2-7,16H2,1H3. The maximum Gasteiger partial charge on any atom is 0.294 e. The van der Waals surface area contributed by atoms with Crippen molar-refractivity contribution in [3.05, 3.63) is 27.8 Å². The van der Waals surface area contributed by atoms with Gasteiger partial charge in [0, 0.05) is 12.6 Å². The molecule has 112 valence electrons. The van der Waals surface area contributed by atoms with E-state index in [4.69, 9.17) is 5.73 Å². The van der Waals surface area contributed by atoms with Gasteiger partial charge in [-0.3, -0.25) is 14.9 Å². The summed E-state index contributed by atoms with van der Waals surface area (Å²) in [6.07, 6.45) is 4.67. The number of carbonyl (C=O) groups excluding carboxylic acids is 1. The van der Waals surface area contributed by atoms with E-state index in [9.17, 15) is 14.9 Å². The van der Waals surface area contributed by atoms with Crippen LogP contribution >= 0.6 is 0 Å². The van der Waals surface area contributed by atoms with E-state index in [1.54, 1.807) is 11.0 Å². The molecule has 2 N–H and O–H groups in total. The summed E-state index contributed by atoms with van der Waals surface area (Å²) < 4.78 is 0. The van der Waals surface area contributed by atoms with Gasteiger partial charge in [0.25, 0.3) is 5.69 Å². The van der Waals surface area contributed by atoms with Crippen LogP contribution in [0.25, 0.3) is 0 Å². The predicted molar refractivity (Wildman–Crippen MR) is 80.3 cm³/mol. The highest BCUT2D eigenvalue weighted by atomic mass is 16.6. The molecule has 1 saturated carbocycles. The number of carbonyl (C=O) groups is 1. The van der Waals surface area contributed by atoms with Crippen LogP contribution in [0.2, 0.25) is 0 Å². The van der Waals surface area contributed by atoms with E-state index in [1.165, 1.54) is 6.07 Å². The van der Waals surface area contributed by atoms with Crippen LogP contribution in [0.15, 0.2) is 12.1 Å². The van der Waals surface area contributed by atoms with E-state index >= 15 is 0 Å². The molecule has 1 aromatic rings. The van der Waals surface area contributed by atoms with Crippen LogP contribution in [0.1, 0.15) is 44.6 Å². The van der Waals surface area contributed by atoms with E-state index < -0.39 is 10.3 Å². The first kappa shape index (κ1) is 13.9. The van der Waals surface area contributed by atoms with Crippen molar-refractivity contribution in [3.63, 3.8) is 0 Å². The SMILES string of the molecule is CCCCCN1C(=O)C2(CC2)c2cc(N)c([N+](=O)[O-])cc21. The van der Waals surface area contributed by atoms with Crippen molar-refractivity contribution >= 4 is 23.0 Å². The molecule has 6 heteroatoms. The van der Waals surface area contributed by atoms with Crippen molar-refractivity contribution in [2.24, 2.45) is 0 Å². The maximum absolute atomic E-state index is 12.6. The summed E-state index contributed by atoms with van der Waals surface area (Å²) in [4.78, 5) is 25.0. The van der Waals surface area contributed by atoms with Gasteiger partial charge < -0.3 is 10.6 Å². The van der Waals surface area contributed by atoms with E-state index in [1.807, 2.05) is 0 Å². The fraction of sp³-hybridized carbons (Fsp3) is 0.533. The number of unbranched alkanes of at least 4 members (excludes halogenated alkanes) is 2. The summed E-state index contributed by atoms with van der Waals surface area (Å²) in [5, 5.41) is 11.1. The van der Waals surface area contributed by atoms with Gasteiger partial charge in [0.05, 0.1) is 16.0 Å². The van der Waals surface area contributed by atoms with Gasteiger partial charge in [-0.2, -0.15) is 0 Å². The molecule has 0 bridgehead atoms. The Balaban J connectivity index is 2.02. The summed E-state index contributed by atoms with van der Waals surface area (Å²) in [5.74, 6) is 0.0912. The zero-order chi connectivity index (χ0) is 15.2. The Morgan fingerprint density at radius 2 is 2.10 bits per heavy atom. The molecule has 0 aromatic heterocycles. The molecule has 1 amide bonds. The average molecular weight is 289 g/mol. The molecule has 1 aliphatic carbocycles. The molecular weight excluding hydrogens is 270 g/mol. The summed E-state index contributed by atoms with van der Waals surface area (Å²) in [7, 11) is 0. The number of hydrogen-bond acceptors (Lipinski definition) is 4. The quantitative estimate of drug-likeness (QED) is 0.390. The second kappa shape index (κ2) is 4.72. The number of nitro benzene ring substituents is 1. The van der Waals surface area contributed by atoms with Gasteiger partial charge >= 0.3 is 0 Å². The summed E-state index contributed by atoms with van der Waals surface area (Å²) in [6, 6.07) is 3.11. The molecule has 0 saturated heterocycles. The number of nitrogens with zero attached hydrogens (tertiary/aromatic N) is 2. The Morgan fingerprint density at radius 3 is 2.67 bits per heavy atom. The van der Waals surface area contributed by atoms with Gasteiger partial charge in [0.2, 0.25) is 5.91 Å². The molecule has 3 rings (SSSR count). The third-order valence-corrected chi connectivity index (χ3v) is 4.54. The van der Waals surface area contributed by atoms with Gasteiger partial charge in [-0.05, 0) is 30.9 Å². The van der Waals surface area contributed by atoms with Crippen molar-refractivity contribution in [3.8, 4) is 0 Å². The van der Waals surface area contributed by atoms with Crippen molar-refractivity contribution < 1.29 is 9.72 Å². The largest absolute Gasteiger partial charge is 0.393 e. The van der Waals surface area contributed by atoms with Crippen LogP contribution in [0.3, 0.4) is 0 Å². The minimum absolute atomic E-state index is 0.0912. The lowest BCUT2D eigenvalue weighted by Gasteiger charge is -2.17. The molecule has 1 heterocycles. The smallest absolute Gasteiger partial charge is 0.294 e. The van der Waals surface area contributed by atoms with Crippen LogP contribution in [0, 0.1) is 10.1 Å². The summed E-state index contributed by atoms with van der Waals surface area (Å²) in [6.45, 7) is 2.73. The number of hydrogen-bond donors (Lipinski definition) is 1. The maximum atomic E-state index is 12.6. The van der Waals surface area contributed by atoms with E-state index in [0.29, 0.717) is 12.2 Å². The van der Waals surface area contributed by atoms with Crippen molar-refractivity contribution in [2.75, 3.05) is 17.2 Å². The second-order valence-electron chi connectivity index (χ2n) is 5.93. The Hall–Kier alpha value is -2.11. The first-order valence-electron chi connectivity index (χ1n) is 7.41. The monoisotopic (exact) mass is 289 g/mol. The number of nitrogens with two attached hydrogens (primary N) is 1. The van der Waals surface area contributed by atoms with Crippen molar-refractivity contribution in [2.45, 2.75) is 44.4 Å². The minimum atomic E-state index is -0.484. The van der Waals surface area contributed by atoms with E-state index in [2.05, 4.69) is 6.92 Å². The van der Waals surface area contributed by atoms with Gasteiger partial charge in [-0.25, -0.2) is 0 Å². The summed E-state index contributed by atoms with van der Waals surface area (Å²) in [5.41, 5.74) is 6.95. The zero-order valence-electron chi connectivity index (χ0n) is 12.1. The highest BCUT2D eigenvalue weighted by molar-refractivity contribution is 6.11. The average Bonchev–Trinajstić information content (AvgIpc) is 3.20. The molecule has 6 nitrogen and oxygen atoms in total. The molecular formula is C15H19N3O3. The van der Waals surface area contributed by atoms with Crippen LogP contribution < -0.4 is 10.6 Å². The zero-order valence-corrected chi connectivity index (χ0v) is 12.1. The fourth-order valence-corrected chi connectivity index (χ4v) is 3.19. The lowest BCUT2D eigenvalue weighted by Crippen LogP contribution is -2.32. The topological polar surface area (TPSA) is 89.5 Å². The fourth-order valence-electron chi connectivity index (χ4n) is 3.19. The van der Waals surface area contributed by atoms with Gasteiger partial charge in [0.15, 0.2) is 0 Å². The number of anilines is 2. The predicted octanol–water partition coefficient (Wildman–Crippen LogP) is 2.75. The Labute approximate surface area is 123 Å². The first-order chi connectivity index (χ1) is 10.0. The number of nitrogen functional groups attached to an aromatic ring is 1. The number of nitro groups is 1.